The molecule has 0 radical (unpaired) electrons. The van der Waals surface area contributed by atoms with Gasteiger partial charge in [-0.2, -0.15) is 4.98 Å². The van der Waals surface area contributed by atoms with Gasteiger partial charge in [-0.05, 0) is 36.2 Å². The van der Waals surface area contributed by atoms with E-state index >= 15 is 0 Å². The number of nitro groups is 1. The molecule has 29 heavy (non-hydrogen) atoms. The molecule has 8 heteroatoms. The van der Waals surface area contributed by atoms with Gasteiger partial charge in [0.25, 0.3) is 11.6 Å². The van der Waals surface area contributed by atoms with Gasteiger partial charge in [-0.3, -0.25) is 15.1 Å². The van der Waals surface area contributed by atoms with Crippen LogP contribution in [0.1, 0.15) is 5.56 Å². The topological polar surface area (TPSA) is 107 Å². The van der Waals surface area contributed by atoms with Crippen LogP contribution in [0.5, 0.6) is 0 Å². The van der Waals surface area contributed by atoms with Gasteiger partial charge in [0.05, 0.1) is 4.92 Å². The van der Waals surface area contributed by atoms with E-state index in [1.54, 1.807) is 30.5 Å². The summed E-state index contributed by atoms with van der Waals surface area (Å²) in [7, 11) is 0. The third kappa shape index (κ3) is 4.27. The Morgan fingerprint density at radius 1 is 1.03 bits per heavy atom. The number of nitrogens with zero attached hydrogens (tertiary/aromatic N) is 4. The zero-order chi connectivity index (χ0) is 20.1. The molecule has 0 atom stereocenters. The monoisotopic (exact) mass is 387 g/mol. The molecule has 8 nitrogen and oxygen atoms in total. The van der Waals surface area contributed by atoms with E-state index in [9.17, 15) is 10.1 Å². The summed E-state index contributed by atoms with van der Waals surface area (Å²) in [5.41, 5.74) is 2.60. The lowest BCUT2D eigenvalue weighted by Crippen LogP contribution is -2.07. The van der Waals surface area contributed by atoms with E-state index in [4.69, 9.17) is 4.52 Å². The van der Waals surface area contributed by atoms with Gasteiger partial charge in [0.1, 0.15) is 11.4 Å². The van der Waals surface area contributed by atoms with Gasteiger partial charge in [-0.1, -0.05) is 41.6 Å². The van der Waals surface area contributed by atoms with Crippen LogP contribution in [0.4, 0.5) is 11.4 Å². The van der Waals surface area contributed by atoms with Crippen molar-refractivity contribution in [1.82, 2.24) is 15.1 Å². The second-order valence-corrected chi connectivity index (χ2v) is 6.29. The summed E-state index contributed by atoms with van der Waals surface area (Å²) in [6.45, 7) is 0.580. The van der Waals surface area contributed by atoms with Gasteiger partial charge in [0, 0.05) is 24.4 Å². The van der Waals surface area contributed by atoms with Gasteiger partial charge in [0.15, 0.2) is 0 Å². The van der Waals surface area contributed by atoms with Crippen LogP contribution in [0, 0.1) is 10.1 Å². The Morgan fingerprint density at radius 2 is 1.86 bits per heavy atom. The molecule has 144 valence electrons. The highest BCUT2D eigenvalue weighted by molar-refractivity contribution is 5.70. The minimum absolute atomic E-state index is 0.0419. The van der Waals surface area contributed by atoms with Crippen LogP contribution in [0.2, 0.25) is 0 Å². The quantitative estimate of drug-likeness (QED) is 0.371. The highest BCUT2D eigenvalue weighted by Crippen LogP contribution is 2.30. The third-order valence-electron chi connectivity index (χ3n) is 4.33. The molecule has 2 aromatic heterocycles. The van der Waals surface area contributed by atoms with Crippen LogP contribution >= 0.6 is 0 Å². The predicted octanol–water partition coefficient (Wildman–Crippen LogP) is 4.36. The molecule has 2 aromatic carbocycles. The number of nitro benzene ring substituents is 1. The first-order valence-corrected chi connectivity index (χ1v) is 9.02. The minimum atomic E-state index is -0.423. The van der Waals surface area contributed by atoms with Crippen molar-refractivity contribution in [2.24, 2.45) is 0 Å². The molecular formula is C21H17N5O3. The second-order valence-electron chi connectivity index (χ2n) is 6.29. The number of pyridine rings is 1. The lowest BCUT2D eigenvalue weighted by atomic mass is 10.1. The summed E-state index contributed by atoms with van der Waals surface area (Å²) >= 11 is 0. The maximum absolute atomic E-state index is 11.6. The minimum Gasteiger partial charge on any atom is -0.379 e. The fraction of sp³-hybridized carbons (Fsp3) is 0.0952. The van der Waals surface area contributed by atoms with E-state index in [1.165, 1.54) is 6.07 Å². The third-order valence-corrected chi connectivity index (χ3v) is 4.33. The molecule has 0 saturated carbocycles. The van der Waals surface area contributed by atoms with Gasteiger partial charge >= 0.3 is 0 Å². The van der Waals surface area contributed by atoms with Crippen molar-refractivity contribution in [3.63, 3.8) is 0 Å². The normalized spacial score (nSPS) is 10.6. The molecule has 0 spiro atoms. The maximum Gasteiger partial charge on any atom is 0.293 e. The van der Waals surface area contributed by atoms with Crippen LogP contribution in [-0.2, 0) is 6.42 Å². The largest absolute Gasteiger partial charge is 0.379 e. The molecule has 0 fully saturated rings. The molecular weight excluding hydrogens is 370 g/mol. The van der Waals surface area contributed by atoms with Gasteiger partial charge in [-0.15, -0.1) is 0 Å². The van der Waals surface area contributed by atoms with Crippen molar-refractivity contribution in [2.45, 2.75) is 6.42 Å². The fourth-order valence-electron chi connectivity index (χ4n) is 2.89. The standard InChI is InChI=1S/C21H17N5O3/c27-26(28)19-14-16(20-24-21(29-25-20)18-8-4-5-12-22-18)9-10-17(19)23-13-11-15-6-2-1-3-7-15/h1-10,12,14,23H,11,13H2. The average Bonchev–Trinajstić information content (AvgIpc) is 3.25. The van der Waals surface area contributed by atoms with E-state index in [0.717, 1.165) is 12.0 Å². The summed E-state index contributed by atoms with van der Waals surface area (Å²) in [5.74, 6) is 0.526. The van der Waals surface area contributed by atoms with E-state index in [2.05, 4.69) is 20.4 Å². The smallest absolute Gasteiger partial charge is 0.293 e. The Bertz CT molecular complexity index is 1110. The van der Waals surface area contributed by atoms with Crippen LogP contribution in [-0.4, -0.2) is 26.6 Å². The summed E-state index contributed by atoms with van der Waals surface area (Å²) in [5, 5.41) is 18.6. The number of benzene rings is 2. The van der Waals surface area contributed by atoms with Gasteiger partial charge in [-0.25, -0.2) is 0 Å². The van der Waals surface area contributed by atoms with Crippen LogP contribution < -0.4 is 5.32 Å². The first-order valence-electron chi connectivity index (χ1n) is 9.02. The number of rotatable bonds is 7. The Labute approximate surface area is 166 Å². The van der Waals surface area contributed by atoms with Crippen molar-refractivity contribution in [2.75, 3.05) is 11.9 Å². The Morgan fingerprint density at radius 3 is 2.62 bits per heavy atom. The lowest BCUT2D eigenvalue weighted by Gasteiger charge is -2.08. The molecule has 2 heterocycles. The highest BCUT2D eigenvalue weighted by atomic mass is 16.6. The molecule has 0 aliphatic rings. The van der Waals surface area contributed by atoms with E-state index < -0.39 is 4.92 Å². The summed E-state index contributed by atoms with van der Waals surface area (Å²) in [6, 6.07) is 20.1. The molecule has 0 saturated heterocycles. The molecule has 0 unspecified atom stereocenters. The SMILES string of the molecule is O=[N+]([O-])c1cc(-c2noc(-c3ccccn3)n2)ccc1NCCc1ccccc1. The molecule has 0 aliphatic carbocycles. The van der Waals surface area contributed by atoms with E-state index in [-0.39, 0.29) is 17.4 Å². The van der Waals surface area contributed by atoms with Gasteiger partial charge < -0.3 is 9.84 Å². The van der Waals surface area contributed by atoms with Gasteiger partial charge in [0.2, 0.25) is 5.82 Å². The Balaban J connectivity index is 1.53. The molecule has 1 N–H and O–H groups in total. The van der Waals surface area contributed by atoms with Crippen molar-refractivity contribution >= 4 is 11.4 Å². The van der Waals surface area contributed by atoms with E-state index in [0.29, 0.717) is 23.5 Å². The second kappa shape index (κ2) is 8.30. The zero-order valence-corrected chi connectivity index (χ0v) is 15.4. The Hall–Kier alpha value is -4.07. The molecule has 0 aliphatic heterocycles. The van der Waals surface area contributed by atoms with Crippen LogP contribution in [0.25, 0.3) is 23.0 Å². The van der Waals surface area contributed by atoms with Crippen LogP contribution in [0.3, 0.4) is 0 Å². The number of hydrogen-bond donors (Lipinski definition) is 1. The molecule has 0 amide bonds. The summed E-state index contributed by atoms with van der Waals surface area (Å²) in [6.07, 6.45) is 2.39. The highest BCUT2D eigenvalue weighted by Gasteiger charge is 2.18. The molecule has 4 aromatic rings. The molecule has 0 bridgehead atoms. The zero-order valence-electron chi connectivity index (χ0n) is 15.4. The number of hydrogen-bond acceptors (Lipinski definition) is 7. The van der Waals surface area contributed by atoms with Crippen LogP contribution in [0.15, 0.2) is 77.4 Å². The lowest BCUT2D eigenvalue weighted by molar-refractivity contribution is -0.383. The first kappa shape index (κ1) is 18.3. The fourth-order valence-corrected chi connectivity index (χ4v) is 2.89. The van der Waals surface area contributed by atoms with Crippen molar-refractivity contribution < 1.29 is 9.45 Å². The number of aromatic nitrogens is 3. The number of nitrogens with one attached hydrogen (secondary N) is 1. The average molecular weight is 387 g/mol. The summed E-state index contributed by atoms with van der Waals surface area (Å²) in [4.78, 5) is 19.6. The predicted molar refractivity (Wildman–Crippen MR) is 108 cm³/mol. The maximum atomic E-state index is 11.6. The van der Waals surface area contributed by atoms with E-state index in [1.807, 2.05) is 36.4 Å². The van der Waals surface area contributed by atoms with Crippen molar-refractivity contribution in [3.8, 4) is 23.0 Å². The summed E-state index contributed by atoms with van der Waals surface area (Å²) < 4.78 is 5.24. The number of anilines is 1. The molecule has 4 rings (SSSR count). The van der Waals surface area contributed by atoms with Crippen molar-refractivity contribution in [1.29, 1.82) is 0 Å². The first-order chi connectivity index (χ1) is 14.2. The van der Waals surface area contributed by atoms with Crippen molar-refractivity contribution in [3.05, 3.63) is 88.6 Å². The Kier molecular flexibility index (Phi) is 5.24.